The van der Waals surface area contributed by atoms with E-state index < -0.39 is 17.7 Å². The molecule has 1 unspecified atom stereocenters. The fourth-order valence-corrected chi connectivity index (χ4v) is 0.933. The number of aldehydes is 1. The molecule has 6 heteroatoms. The third kappa shape index (κ3) is 7.19. The predicted octanol–water partition coefficient (Wildman–Crippen LogP) is 0.572. The van der Waals surface area contributed by atoms with E-state index in [4.69, 9.17) is 9.57 Å². The van der Waals surface area contributed by atoms with Crippen LogP contribution >= 0.6 is 0 Å². The van der Waals surface area contributed by atoms with Gasteiger partial charge in [-0.15, -0.1) is 0 Å². The van der Waals surface area contributed by atoms with E-state index in [9.17, 15) is 9.59 Å². The Kier molecular flexibility index (Phi) is 5.98. The topological polar surface area (TPSA) is 67.9 Å². The number of amides is 1. The highest BCUT2D eigenvalue weighted by atomic mass is 16.7. The summed E-state index contributed by atoms with van der Waals surface area (Å²) < 4.78 is 5.02. The van der Waals surface area contributed by atoms with Crippen LogP contribution in [0.1, 0.15) is 20.8 Å². The molecule has 1 amide bonds. The molecule has 0 aromatic rings. The highest BCUT2D eigenvalue weighted by molar-refractivity contribution is 5.73. The molecule has 6 nitrogen and oxygen atoms in total. The zero-order chi connectivity index (χ0) is 12.8. The fourth-order valence-electron chi connectivity index (χ4n) is 0.933. The number of alkyl carbamates (subject to hydrolysis) is 1. The van der Waals surface area contributed by atoms with E-state index in [-0.39, 0.29) is 6.54 Å². The summed E-state index contributed by atoms with van der Waals surface area (Å²) in [5, 5.41) is 3.88. The van der Waals surface area contributed by atoms with Crippen molar-refractivity contribution in [1.82, 2.24) is 10.4 Å². The standard InChI is InChI=1S/C10H20N2O4/c1-10(2,3)16-9(14)11-8(7-13)6-12(4)15-5/h7-8H,6H2,1-5H3,(H,11,14). The van der Waals surface area contributed by atoms with Crippen LogP contribution in [0.5, 0.6) is 0 Å². The molecule has 1 N–H and O–H groups in total. The van der Waals surface area contributed by atoms with Gasteiger partial charge in [-0.25, -0.2) is 4.79 Å². The van der Waals surface area contributed by atoms with Crippen molar-refractivity contribution in [3.63, 3.8) is 0 Å². The van der Waals surface area contributed by atoms with Gasteiger partial charge >= 0.3 is 6.09 Å². The summed E-state index contributed by atoms with van der Waals surface area (Å²) in [5.74, 6) is 0. The van der Waals surface area contributed by atoms with Crippen LogP contribution < -0.4 is 5.32 Å². The molecule has 0 radical (unpaired) electrons. The first-order valence-corrected chi connectivity index (χ1v) is 4.98. The van der Waals surface area contributed by atoms with Gasteiger partial charge in [0.1, 0.15) is 17.9 Å². The molecule has 0 saturated carbocycles. The van der Waals surface area contributed by atoms with Crippen LogP contribution in [0, 0.1) is 0 Å². The summed E-state index contributed by atoms with van der Waals surface area (Å²) >= 11 is 0. The Bertz CT molecular complexity index is 237. The largest absolute Gasteiger partial charge is 0.444 e. The Balaban J connectivity index is 4.12. The highest BCUT2D eigenvalue weighted by Crippen LogP contribution is 2.06. The van der Waals surface area contributed by atoms with Crippen molar-refractivity contribution in [2.75, 3.05) is 20.7 Å². The van der Waals surface area contributed by atoms with Crippen LogP contribution in [-0.4, -0.2) is 49.8 Å². The smallest absolute Gasteiger partial charge is 0.408 e. The van der Waals surface area contributed by atoms with Crippen molar-refractivity contribution in [2.45, 2.75) is 32.4 Å². The van der Waals surface area contributed by atoms with E-state index in [1.165, 1.54) is 12.2 Å². The Labute approximate surface area is 95.8 Å². The zero-order valence-corrected chi connectivity index (χ0v) is 10.4. The van der Waals surface area contributed by atoms with Gasteiger partial charge in [-0.05, 0) is 20.8 Å². The van der Waals surface area contributed by atoms with Gasteiger partial charge in [0, 0.05) is 7.05 Å². The lowest BCUT2D eigenvalue weighted by Gasteiger charge is -2.23. The van der Waals surface area contributed by atoms with Crippen molar-refractivity contribution in [1.29, 1.82) is 0 Å². The summed E-state index contributed by atoms with van der Waals surface area (Å²) in [6.07, 6.45) is 0.0218. The van der Waals surface area contributed by atoms with Crippen LogP contribution in [0.25, 0.3) is 0 Å². The van der Waals surface area contributed by atoms with Gasteiger partial charge in [0.15, 0.2) is 0 Å². The lowest BCUT2D eigenvalue weighted by Crippen LogP contribution is -2.45. The molecule has 0 aliphatic carbocycles. The molecule has 0 spiro atoms. The number of nitrogens with one attached hydrogen (secondary N) is 1. The quantitative estimate of drug-likeness (QED) is 0.554. The number of likely N-dealkylation sites (N-methyl/N-ethyl adjacent to an activating group) is 1. The second kappa shape index (κ2) is 6.44. The van der Waals surface area contributed by atoms with Crippen LogP contribution in [0.4, 0.5) is 4.79 Å². The molecule has 94 valence electrons. The Morgan fingerprint density at radius 2 is 2.06 bits per heavy atom. The second-order valence-corrected chi connectivity index (χ2v) is 4.38. The lowest BCUT2D eigenvalue weighted by atomic mass is 10.2. The molecule has 0 heterocycles. The van der Waals surface area contributed by atoms with Crippen LogP contribution in [0.3, 0.4) is 0 Å². The maximum absolute atomic E-state index is 11.3. The van der Waals surface area contributed by atoms with Crippen LogP contribution in [0.15, 0.2) is 0 Å². The number of rotatable bonds is 5. The number of hydrogen-bond acceptors (Lipinski definition) is 5. The zero-order valence-electron chi connectivity index (χ0n) is 10.4. The minimum atomic E-state index is -0.653. The van der Waals surface area contributed by atoms with E-state index in [1.807, 2.05) is 0 Å². The van der Waals surface area contributed by atoms with Gasteiger partial charge in [0.2, 0.25) is 0 Å². The average Bonchev–Trinajstić information content (AvgIpc) is 2.13. The lowest BCUT2D eigenvalue weighted by molar-refractivity contribution is -0.125. The number of hydrogen-bond donors (Lipinski definition) is 1. The first-order chi connectivity index (χ1) is 7.28. The highest BCUT2D eigenvalue weighted by Gasteiger charge is 2.19. The Morgan fingerprint density at radius 1 is 1.50 bits per heavy atom. The number of carbonyl (C=O) groups is 2. The summed E-state index contributed by atoms with van der Waals surface area (Å²) in [7, 11) is 3.14. The third-order valence-corrected chi connectivity index (χ3v) is 1.63. The van der Waals surface area contributed by atoms with Crippen LogP contribution in [0.2, 0.25) is 0 Å². The van der Waals surface area contributed by atoms with Gasteiger partial charge in [-0.2, -0.15) is 5.06 Å². The summed E-state index contributed by atoms with van der Waals surface area (Å²) in [6.45, 7) is 5.52. The summed E-state index contributed by atoms with van der Waals surface area (Å²) in [6, 6.07) is -0.653. The van der Waals surface area contributed by atoms with Crippen molar-refractivity contribution < 1.29 is 19.2 Å². The molecule has 0 bridgehead atoms. The van der Waals surface area contributed by atoms with Gasteiger partial charge in [-0.3, -0.25) is 0 Å². The minimum Gasteiger partial charge on any atom is -0.444 e. The van der Waals surface area contributed by atoms with Gasteiger partial charge < -0.3 is 19.7 Å². The molecule has 0 aromatic heterocycles. The molecular formula is C10H20N2O4. The fraction of sp³-hybridized carbons (Fsp3) is 0.800. The van der Waals surface area contributed by atoms with E-state index in [0.29, 0.717) is 6.29 Å². The maximum atomic E-state index is 11.3. The Morgan fingerprint density at radius 3 is 2.44 bits per heavy atom. The monoisotopic (exact) mass is 232 g/mol. The maximum Gasteiger partial charge on any atom is 0.408 e. The predicted molar refractivity (Wildman–Crippen MR) is 58.9 cm³/mol. The average molecular weight is 232 g/mol. The molecule has 0 rings (SSSR count). The van der Waals surface area contributed by atoms with E-state index in [1.54, 1.807) is 27.8 Å². The molecular weight excluding hydrogens is 212 g/mol. The summed E-state index contributed by atoms with van der Waals surface area (Å²) in [5.41, 5.74) is -0.579. The first-order valence-electron chi connectivity index (χ1n) is 4.98. The van der Waals surface area contributed by atoms with Crippen molar-refractivity contribution >= 4 is 12.4 Å². The van der Waals surface area contributed by atoms with Gasteiger partial charge in [-0.1, -0.05) is 0 Å². The van der Waals surface area contributed by atoms with Gasteiger partial charge in [0.25, 0.3) is 0 Å². The van der Waals surface area contributed by atoms with Crippen molar-refractivity contribution in [2.24, 2.45) is 0 Å². The molecule has 0 saturated heterocycles. The van der Waals surface area contributed by atoms with Gasteiger partial charge in [0.05, 0.1) is 13.7 Å². The molecule has 0 aliphatic rings. The molecule has 0 aliphatic heterocycles. The SMILES string of the molecule is CON(C)CC(C=O)NC(=O)OC(C)(C)C. The molecule has 0 aromatic carbocycles. The number of carbonyl (C=O) groups excluding carboxylic acids is 2. The van der Waals surface area contributed by atoms with E-state index in [0.717, 1.165) is 0 Å². The van der Waals surface area contributed by atoms with Crippen molar-refractivity contribution in [3.8, 4) is 0 Å². The third-order valence-electron chi connectivity index (χ3n) is 1.63. The van der Waals surface area contributed by atoms with E-state index >= 15 is 0 Å². The molecule has 16 heavy (non-hydrogen) atoms. The first kappa shape index (κ1) is 14.9. The Hall–Kier alpha value is -1.14. The molecule has 1 atom stereocenters. The second-order valence-electron chi connectivity index (χ2n) is 4.38. The summed E-state index contributed by atoms with van der Waals surface area (Å²) in [4.78, 5) is 26.9. The van der Waals surface area contributed by atoms with E-state index in [2.05, 4.69) is 5.32 Å². The van der Waals surface area contributed by atoms with Crippen LogP contribution in [-0.2, 0) is 14.4 Å². The molecule has 0 fully saturated rings. The number of hydroxylamine groups is 2. The normalized spacial score (nSPS) is 13.4. The van der Waals surface area contributed by atoms with Crippen molar-refractivity contribution in [3.05, 3.63) is 0 Å². The number of nitrogens with zero attached hydrogens (tertiary/aromatic N) is 1. The number of ether oxygens (including phenoxy) is 1. The minimum absolute atomic E-state index is 0.263.